The van der Waals surface area contributed by atoms with Crippen molar-refractivity contribution in [1.82, 2.24) is 0 Å². The van der Waals surface area contributed by atoms with Crippen LogP contribution in [0.3, 0.4) is 0 Å². The second kappa shape index (κ2) is 11.2. The van der Waals surface area contributed by atoms with Gasteiger partial charge in [0, 0.05) is 51.0 Å². The monoisotopic (exact) mass is 396 g/mol. The minimum Gasteiger partial charge on any atom is -0.418 e. The maximum atomic E-state index is 6.32. The molecule has 0 amide bonds. The number of hydrogen-bond donors (Lipinski definition) is 0. The third kappa shape index (κ3) is 5.45. The quantitative estimate of drug-likeness (QED) is 0.472. The van der Waals surface area contributed by atoms with Crippen LogP contribution >= 0.6 is 0 Å². The van der Waals surface area contributed by atoms with Crippen LogP contribution in [-0.4, -0.2) is 71.2 Å². The van der Waals surface area contributed by atoms with Crippen molar-refractivity contribution in [3.63, 3.8) is 0 Å². The molecule has 0 radical (unpaired) electrons. The van der Waals surface area contributed by atoms with Gasteiger partial charge >= 0.3 is 17.1 Å². The SMILES string of the molecule is CCOC1[SiH](OCC)C[Si](OCC)(OCC)C[Si]1(OCC)OCC. The normalized spacial score (nSPS) is 25.8. The molecule has 0 aromatic heterocycles. The van der Waals surface area contributed by atoms with Gasteiger partial charge in [0.15, 0.2) is 0 Å². The fourth-order valence-corrected chi connectivity index (χ4v) is 24.9. The number of hydrogen-bond acceptors (Lipinski definition) is 6. The highest BCUT2D eigenvalue weighted by atomic mass is 28.5. The number of rotatable bonds is 12. The smallest absolute Gasteiger partial charge is 0.369 e. The van der Waals surface area contributed by atoms with Crippen LogP contribution in [0.15, 0.2) is 0 Å². The summed E-state index contributed by atoms with van der Waals surface area (Å²) in [4.78, 5) is 0. The standard InChI is InChI=1S/C15H36O6Si3/c1-7-16-15-22(17-8-2)13-23(18-9-3,19-10-4)14-24(15,20-11-5)21-12-6/h15,22H,7-14H2,1-6H3. The van der Waals surface area contributed by atoms with E-state index >= 15 is 0 Å². The van der Waals surface area contributed by atoms with Crippen molar-refractivity contribution in [2.75, 3.05) is 39.6 Å². The van der Waals surface area contributed by atoms with E-state index < -0.39 is 26.2 Å². The highest BCUT2D eigenvalue weighted by molar-refractivity contribution is 7.01. The van der Waals surface area contributed by atoms with Gasteiger partial charge in [0.25, 0.3) is 0 Å². The van der Waals surface area contributed by atoms with Gasteiger partial charge in [0.1, 0.15) is 5.35 Å². The van der Waals surface area contributed by atoms with Crippen molar-refractivity contribution < 1.29 is 26.9 Å². The van der Waals surface area contributed by atoms with Gasteiger partial charge in [0.05, 0.1) is 0 Å². The van der Waals surface area contributed by atoms with Crippen LogP contribution in [0.5, 0.6) is 0 Å². The molecule has 1 rings (SSSR count). The number of ether oxygens (including phenoxy) is 1. The molecule has 0 N–H and O–H groups in total. The Morgan fingerprint density at radius 1 is 0.750 bits per heavy atom. The van der Waals surface area contributed by atoms with E-state index in [4.69, 9.17) is 26.9 Å². The molecule has 0 aromatic carbocycles. The van der Waals surface area contributed by atoms with Gasteiger partial charge in [-0.15, -0.1) is 0 Å². The lowest BCUT2D eigenvalue weighted by atomic mass is 10.9. The van der Waals surface area contributed by atoms with Crippen molar-refractivity contribution in [3.05, 3.63) is 0 Å². The van der Waals surface area contributed by atoms with E-state index in [0.717, 1.165) is 11.3 Å². The van der Waals surface area contributed by atoms with Crippen molar-refractivity contribution in [1.29, 1.82) is 0 Å². The molecule has 1 saturated heterocycles. The maximum absolute atomic E-state index is 6.32. The van der Waals surface area contributed by atoms with Gasteiger partial charge in [-0.25, -0.2) is 0 Å². The van der Waals surface area contributed by atoms with Crippen molar-refractivity contribution in [3.8, 4) is 0 Å². The summed E-state index contributed by atoms with van der Waals surface area (Å²) < 4.78 is 37.5. The van der Waals surface area contributed by atoms with Crippen LogP contribution in [0.2, 0.25) is 11.3 Å². The van der Waals surface area contributed by atoms with Crippen LogP contribution in [0.4, 0.5) is 0 Å². The molecule has 1 fully saturated rings. The predicted octanol–water partition coefficient (Wildman–Crippen LogP) is 2.35. The van der Waals surface area contributed by atoms with Crippen LogP contribution in [0.1, 0.15) is 41.5 Å². The Morgan fingerprint density at radius 3 is 1.71 bits per heavy atom. The summed E-state index contributed by atoms with van der Waals surface area (Å²) in [5, 5.41) is -0.0103. The average molecular weight is 397 g/mol. The van der Waals surface area contributed by atoms with Crippen LogP contribution in [-0.2, 0) is 26.9 Å². The van der Waals surface area contributed by atoms with Gasteiger partial charge in [0.2, 0.25) is 9.04 Å². The Bertz CT molecular complexity index is 335. The summed E-state index contributed by atoms with van der Waals surface area (Å²) >= 11 is 0. The zero-order chi connectivity index (χ0) is 18.1. The second-order valence-electron chi connectivity index (χ2n) is 5.71. The predicted molar refractivity (Wildman–Crippen MR) is 102 cm³/mol. The Morgan fingerprint density at radius 2 is 1.29 bits per heavy atom. The van der Waals surface area contributed by atoms with E-state index in [-0.39, 0.29) is 5.35 Å². The van der Waals surface area contributed by atoms with Crippen LogP contribution in [0.25, 0.3) is 0 Å². The summed E-state index contributed by atoms with van der Waals surface area (Å²) in [6.07, 6.45) is 0. The zero-order valence-electron chi connectivity index (χ0n) is 16.3. The largest absolute Gasteiger partial charge is 0.418 e. The van der Waals surface area contributed by atoms with Crippen LogP contribution < -0.4 is 0 Å². The topological polar surface area (TPSA) is 55.4 Å². The summed E-state index contributed by atoms with van der Waals surface area (Å²) in [6, 6.07) is 0. The van der Waals surface area contributed by atoms with E-state index in [9.17, 15) is 0 Å². The van der Waals surface area contributed by atoms with Crippen LogP contribution in [0, 0.1) is 0 Å². The summed E-state index contributed by atoms with van der Waals surface area (Å²) in [6.45, 7) is 16.0. The van der Waals surface area contributed by atoms with Crippen molar-refractivity contribution in [2.24, 2.45) is 0 Å². The molecule has 1 aliphatic heterocycles. The first-order valence-electron chi connectivity index (χ1n) is 9.35. The Kier molecular flexibility index (Phi) is 10.5. The third-order valence-corrected chi connectivity index (χ3v) is 20.8. The molecule has 0 aromatic rings. The first kappa shape index (κ1) is 22.5. The molecule has 0 spiro atoms. The van der Waals surface area contributed by atoms with Gasteiger partial charge < -0.3 is 26.9 Å². The highest BCUT2D eigenvalue weighted by Gasteiger charge is 2.65. The Labute approximate surface area is 151 Å². The van der Waals surface area contributed by atoms with E-state index in [1.54, 1.807) is 0 Å². The zero-order valence-corrected chi connectivity index (χ0v) is 19.4. The lowest BCUT2D eigenvalue weighted by Crippen LogP contribution is -2.72. The average Bonchev–Trinajstić information content (AvgIpc) is 2.52. The second-order valence-corrected chi connectivity index (χ2v) is 16.6. The lowest BCUT2D eigenvalue weighted by Gasteiger charge is -2.48. The fourth-order valence-electron chi connectivity index (χ4n) is 3.60. The summed E-state index contributed by atoms with van der Waals surface area (Å²) in [5.74, 6) is 0. The summed E-state index contributed by atoms with van der Waals surface area (Å²) in [7, 11) is -6.75. The minimum atomic E-state index is -2.62. The molecule has 0 saturated carbocycles. The molecule has 6 nitrogen and oxygen atoms in total. The molecule has 2 unspecified atom stereocenters. The van der Waals surface area contributed by atoms with Crippen molar-refractivity contribution in [2.45, 2.75) is 58.2 Å². The van der Waals surface area contributed by atoms with Gasteiger partial charge in [-0.3, -0.25) is 0 Å². The first-order valence-corrected chi connectivity index (χ1v) is 15.6. The van der Waals surface area contributed by atoms with Gasteiger partial charge in [-0.2, -0.15) is 0 Å². The minimum absolute atomic E-state index is 0.0103. The Hall–Kier alpha value is 0.411. The fraction of sp³-hybridized carbons (Fsp3) is 1.00. The van der Waals surface area contributed by atoms with E-state index in [1.807, 2.05) is 41.5 Å². The molecule has 0 aliphatic carbocycles. The van der Waals surface area contributed by atoms with Crippen molar-refractivity contribution >= 4 is 26.2 Å². The van der Waals surface area contributed by atoms with E-state index in [1.165, 1.54) is 0 Å². The first-order chi connectivity index (χ1) is 11.6. The van der Waals surface area contributed by atoms with Gasteiger partial charge in [-0.1, -0.05) is 0 Å². The van der Waals surface area contributed by atoms with Gasteiger partial charge in [-0.05, 0) is 41.5 Å². The van der Waals surface area contributed by atoms with E-state index in [0.29, 0.717) is 39.6 Å². The molecule has 0 bridgehead atoms. The lowest BCUT2D eigenvalue weighted by molar-refractivity contribution is 0.0730. The Balaban J connectivity index is 3.27. The molecule has 1 heterocycles. The van der Waals surface area contributed by atoms with E-state index in [2.05, 4.69) is 0 Å². The molecule has 2 atom stereocenters. The molecular formula is C15H36O6Si3. The highest BCUT2D eigenvalue weighted by Crippen LogP contribution is 2.39. The third-order valence-electron chi connectivity index (χ3n) is 4.12. The summed E-state index contributed by atoms with van der Waals surface area (Å²) in [5.41, 5.74) is 1.67. The molecule has 9 heteroatoms. The molecule has 24 heavy (non-hydrogen) atoms. The molecule has 1 aliphatic rings. The molecular weight excluding hydrogens is 360 g/mol. The maximum Gasteiger partial charge on any atom is 0.369 e. The molecule has 144 valence electrons.